The average molecular weight is 334 g/mol. The number of piperidine rings is 1. The minimum atomic E-state index is -1.06. The van der Waals surface area contributed by atoms with E-state index in [2.05, 4.69) is 5.32 Å². The van der Waals surface area contributed by atoms with Crippen LogP contribution in [0.15, 0.2) is 30.3 Å². The van der Waals surface area contributed by atoms with Crippen molar-refractivity contribution in [3.05, 3.63) is 35.9 Å². The molecule has 1 aromatic carbocycles. The summed E-state index contributed by atoms with van der Waals surface area (Å²) >= 11 is 0. The molecule has 4 nitrogen and oxygen atoms in total. The van der Waals surface area contributed by atoms with E-state index in [1.165, 1.54) is 0 Å². The Labute approximate surface area is 143 Å². The van der Waals surface area contributed by atoms with E-state index < -0.39 is 11.8 Å². The number of carbonyl (C=O) groups is 1. The van der Waals surface area contributed by atoms with Crippen LogP contribution in [0.5, 0.6) is 0 Å². The molecule has 1 N–H and O–H groups in total. The van der Waals surface area contributed by atoms with E-state index in [9.17, 15) is 9.18 Å². The Balaban J connectivity index is 1.62. The van der Waals surface area contributed by atoms with Crippen molar-refractivity contribution in [2.24, 2.45) is 0 Å². The fourth-order valence-corrected chi connectivity index (χ4v) is 3.79. The minimum absolute atomic E-state index is 0.0742. The highest BCUT2D eigenvalue weighted by Gasteiger charge is 2.50. The molecule has 0 aliphatic carbocycles. The van der Waals surface area contributed by atoms with E-state index >= 15 is 0 Å². The van der Waals surface area contributed by atoms with Crippen LogP contribution in [0.25, 0.3) is 0 Å². The summed E-state index contributed by atoms with van der Waals surface area (Å²) in [7, 11) is 0. The molecule has 0 radical (unpaired) electrons. The first-order chi connectivity index (χ1) is 11.3. The Bertz CT molecular complexity index is 572. The number of halogens is 1. The number of amides is 1. The Hall–Kier alpha value is -1.62. The van der Waals surface area contributed by atoms with Crippen molar-refractivity contribution in [3.63, 3.8) is 0 Å². The zero-order valence-electron chi connectivity index (χ0n) is 14.7. The second-order valence-corrected chi connectivity index (χ2v) is 7.84. The van der Waals surface area contributed by atoms with Crippen molar-refractivity contribution in [1.82, 2.24) is 10.2 Å². The van der Waals surface area contributed by atoms with Crippen LogP contribution in [0, 0.1) is 0 Å². The van der Waals surface area contributed by atoms with Gasteiger partial charge in [0.25, 0.3) is 0 Å². The molecule has 3 rings (SSSR count). The van der Waals surface area contributed by atoms with Crippen LogP contribution in [0.2, 0.25) is 0 Å². The molecule has 24 heavy (non-hydrogen) atoms. The highest BCUT2D eigenvalue weighted by molar-refractivity contribution is 5.70. The van der Waals surface area contributed by atoms with Gasteiger partial charge >= 0.3 is 6.09 Å². The van der Waals surface area contributed by atoms with E-state index in [4.69, 9.17) is 4.74 Å². The molecule has 0 saturated carbocycles. The van der Waals surface area contributed by atoms with Gasteiger partial charge in [0.15, 0.2) is 0 Å². The zero-order chi connectivity index (χ0) is 17.3. The smallest absolute Gasteiger partial charge is 0.410 e. The second kappa shape index (κ2) is 6.71. The minimum Gasteiger partial charge on any atom is -0.444 e. The molecule has 1 amide bonds. The number of nitrogens with zero attached hydrogens (tertiary/aromatic N) is 1. The van der Waals surface area contributed by atoms with E-state index in [0.717, 1.165) is 12.0 Å². The van der Waals surface area contributed by atoms with E-state index in [1.54, 1.807) is 4.90 Å². The fourth-order valence-electron chi connectivity index (χ4n) is 3.79. The van der Waals surface area contributed by atoms with Crippen LogP contribution < -0.4 is 5.32 Å². The second-order valence-electron chi connectivity index (χ2n) is 7.84. The van der Waals surface area contributed by atoms with Crippen molar-refractivity contribution < 1.29 is 13.9 Å². The molecular formula is C19H27FN2O2. The van der Waals surface area contributed by atoms with Crippen LogP contribution in [0.4, 0.5) is 9.18 Å². The molecule has 4 atom stereocenters. The first-order valence-electron chi connectivity index (χ1n) is 8.78. The van der Waals surface area contributed by atoms with Gasteiger partial charge in [0.05, 0.1) is 6.04 Å². The summed E-state index contributed by atoms with van der Waals surface area (Å²) in [5.74, 6) is 0. The van der Waals surface area contributed by atoms with E-state index in [0.29, 0.717) is 19.4 Å². The summed E-state index contributed by atoms with van der Waals surface area (Å²) in [6.45, 7) is 6.17. The predicted molar refractivity (Wildman–Crippen MR) is 91.5 cm³/mol. The average Bonchev–Trinajstić information content (AvgIpc) is 2.87. The lowest BCUT2D eigenvalue weighted by Gasteiger charge is -2.41. The lowest BCUT2D eigenvalue weighted by molar-refractivity contribution is -0.0135. The largest absolute Gasteiger partial charge is 0.444 e. The van der Waals surface area contributed by atoms with Crippen LogP contribution in [-0.2, 0) is 11.3 Å². The van der Waals surface area contributed by atoms with Gasteiger partial charge in [-0.25, -0.2) is 9.18 Å². The molecule has 2 saturated heterocycles. The van der Waals surface area contributed by atoms with Gasteiger partial charge in [-0.15, -0.1) is 0 Å². The fraction of sp³-hybridized carbons (Fsp3) is 0.632. The highest BCUT2D eigenvalue weighted by atomic mass is 19.1. The number of nitrogens with one attached hydrogen (secondary N) is 1. The van der Waals surface area contributed by atoms with E-state index in [-0.39, 0.29) is 24.2 Å². The first kappa shape index (κ1) is 17.2. The number of benzene rings is 1. The van der Waals surface area contributed by atoms with Gasteiger partial charge in [-0.05, 0) is 45.6 Å². The SMILES string of the molecule is CC(C)(C)OC(=O)N1C2CC[C@@H]1CC(NCc1ccccc1)C2F. The molecule has 2 fully saturated rings. The number of ether oxygens (including phenoxy) is 1. The van der Waals surface area contributed by atoms with Crippen molar-refractivity contribution in [2.45, 2.75) is 76.5 Å². The summed E-state index contributed by atoms with van der Waals surface area (Å²) in [5.41, 5.74) is 0.594. The van der Waals surface area contributed by atoms with Crippen LogP contribution in [0.3, 0.4) is 0 Å². The zero-order valence-corrected chi connectivity index (χ0v) is 14.7. The lowest BCUT2D eigenvalue weighted by atomic mass is 9.95. The number of rotatable bonds is 3. The van der Waals surface area contributed by atoms with Gasteiger partial charge in [-0.3, -0.25) is 4.90 Å². The van der Waals surface area contributed by atoms with Crippen molar-refractivity contribution in [1.29, 1.82) is 0 Å². The van der Waals surface area contributed by atoms with Crippen molar-refractivity contribution >= 4 is 6.09 Å². The third-order valence-corrected chi connectivity index (χ3v) is 4.84. The topological polar surface area (TPSA) is 41.6 Å². The van der Waals surface area contributed by atoms with Crippen LogP contribution in [-0.4, -0.2) is 40.9 Å². The Morgan fingerprint density at radius 2 is 2.00 bits per heavy atom. The molecule has 3 unspecified atom stereocenters. The van der Waals surface area contributed by atoms with Gasteiger partial charge in [0.1, 0.15) is 11.8 Å². The summed E-state index contributed by atoms with van der Waals surface area (Å²) in [5, 5.41) is 3.34. The molecule has 0 spiro atoms. The number of hydrogen-bond donors (Lipinski definition) is 1. The van der Waals surface area contributed by atoms with Gasteiger partial charge < -0.3 is 10.1 Å². The first-order valence-corrected chi connectivity index (χ1v) is 8.78. The van der Waals surface area contributed by atoms with Crippen LogP contribution in [0.1, 0.15) is 45.6 Å². The maximum absolute atomic E-state index is 15.0. The maximum Gasteiger partial charge on any atom is 0.410 e. The maximum atomic E-state index is 15.0. The Kier molecular flexibility index (Phi) is 4.81. The molecule has 2 bridgehead atoms. The quantitative estimate of drug-likeness (QED) is 0.917. The summed E-state index contributed by atoms with van der Waals surface area (Å²) < 4.78 is 20.4. The van der Waals surface area contributed by atoms with Crippen molar-refractivity contribution in [2.75, 3.05) is 0 Å². The highest BCUT2D eigenvalue weighted by Crippen LogP contribution is 2.38. The molecule has 132 valence electrons. The summed E-state index contributed by atoms with van der Waals surface area (Å²) in [4.78, 5) is 14.1. The number of alkyl halides is 1. The molecule has 2 heterocycles. The summed E-state index contributed by atoms with van der Waals surface area (Å²) in [6, 6.07) is 9.51. The normalized spacial score (nSPS) is 29.6. The van der Waals surface area contributed by atoms with Crippen LogP contribution >= 0.6 is 0 Å². The van der Waals surface area contributed by atoms with Gasteiger partial charge in [-0.1, -0.05) is 30.3 Å². The standard InChI is InChI=1S/C19H27FN2O2/c1-19(2,3)24-18(23)22-14-9-10-16(22)17(20)15(11-14)21-12-13-7-5-4-6-8-13/h4-8,14-17,21H,9-12H2,1-3H3/t14-,15?,16?,17?/m1/s1. The Morgan fingerprint density at radius 3 is 2.67 bits per heavy atom. The monoisotopic (exact) mass is 334 g/mol. The Morgan fingerprint density at radius 1 is 1.29 bits per heavy atom. The van der Waals surface area contributed by atoms with E-state index in [1.807, 2.05) is 51.1 Å². The molecule has 2 aliphatic rings. The number of fused-ring (bicyclic) bond motifs is 2. The van der Waals surface area contributed by atoms with Crippen molar-refractivity contribution in [3.8, 4) is 0 Å². The molecule has 0 aromatic heterocycles. The number of carbonyl (C=O) groups excluding carboxylic acids is 1. The number of hydrogen-bond acceptors (Lipinski definition) is 3. The summed E-state index contributed by atoms with van der Waals surface area (Å²) in [6.07, 6.45) is 0.783. The van der Waals surface area contributed by atoms with Gasteiger partial charge in [0.2, 0.25) is 0 Å². The third kappa shape index (κ3) is 3.72. The molecule has 1 aromatic rings. The molecule has 5 heteroatoms. The third-order valence-electron chi connectivity index (χ3n) is 4.84. The van der Waals surface area contributed by atoms with Gasteiger partial charge in [-0.2, -0.15) is 0 Å². The lowest BCUT2D eigenvalue weighted by Crippen LogP contribution is -2.59. The molecule has 2 aliphatic heterocycles. The predicted octanol–water partition coefficient (Wildman–Crippen LogP) is 3.65. The van der Waals surface area contributed by atoms with Gasteiger partial charge in [0, 0.05) is 18.6 Å². The molecular weight excluding hydrogens is 307 g/mol.